The highest BCUT2D eigenvalue weighted by Crippen LogP contribution is 2.69. The van der Waals surface area contributed by atoms with Crippen molar-refractivity contribution >= 4 is 23.7 Å². The Balaban J connectivity index is 1.50. The SMILES string of the molecule is CCOc1cc(/C=N/NC(=O)C23CC4CC(C)(CC(C)(C4)C2)C3)cc(Cl)c1OC. The van der Waals surface area contributed by atoms with E-state index in [9.17, 15) is 4.79 Å². The van der Waals surface area contributed by atoms with Gasteiger partial charge in [-0.3, -0.25) is 4.79 Å². The Hall–Kier alpha value is -1.75. The molecule has 4 fully saturated rings. The van der Waals surface area contributed by atoms with Gasteiger partial charge in [0.1, 0.15) is 0 Å². The quantitative estimate of drug-likeness (QED) is 0.510. The Kier molecular flexibility index (Phi) is 5.09. The van der Waals surface area contributed by atoms with Gasteiger partial charge in [-0.2, -0.15) is 5.10 Å². The highest BCUT2D eigenvalue weighted by Gasteiger charge is 2.62. The molecule has 0 radical (unpaired) electrons. The lowest BCUT2D eigenvalue weighted by Crippen LogP contribution is -2.59. The molecule has 4 bridgehead atoms. The molecular formula is C23H31ClN2O3. The van der Waals surface area contributed by atoms with E-state index in [2.05, 4.69) is 24.4 Å². The fourth-order valence-electron chi connectivity index (χ4n) is 7.11. The zero-order valence-electron chi connectivity index (χ0n) is 17.8. The van der Waals surface area contributed by atoms with Crippen molar-refractivity contribution < 1.29 is 14.3 Å². The number of carbonyl (C=O) groups excluding carboxylic acids is 1. The number of halogens is 1. The Morgan fingerprint density at radius 1 is 1.24 bits per heavy atom. The summed E-state index contributed by atoms with van der Waals surface area (Å²) >= 11 is 6.30. The van der Waals surface area contributed by atoms with Gasteiger partial charge in [0.25, 0.3) is 0 Å². The number of hydrazone groups is 1. The maximum absolute atomic E-state index is 13.2. The molecule has 1 aromatic carbocycles. The summed E-state index contributed by atoms with van der Waals surface area (Å²) < 4.78 is 10.9. The second-order valence-corrected chi connectivity index (χ2v) is 10.5. The number of methoxy groups -OCH3 is 1. The number of nitrogens with zero attached hydrogens (tertiary/aromatic N) is 1. The van der Waals surface area contributed by atoms with E-state index in [1.807, 2.05) is 13.0 Å². The van der Waals surface area contributed by atoms with Crippen LogP contribution in [-0.4, -0.2) is 25.8 Å². The van der Waals surface area contributed by atoms with Gasteiger partial charge < -0.3 is 9.47 Å². The van der Waals surface area contributed by atoms with Crippen LogP contribution in [0.15, 0.2) is 17.2 Å². The number of nitrogens with one attached hydrogen (secondary N) is 1. The second kappa shape index (κ2) is 7.19. The summed E-state index contributed by atoms with van der Waals surface area (Å²) in [5.41, 5.74) is 3.92. The van der Waals surface area contributed by atoms with Crippen molar-refractivity contribution in [3.05, 3.63) is 22.7 Å². The van der Waals surface area contributed by atoms with Crippen molar-refractivity contribution in [2.45, 2.75) is 59.3 Å². The largest absolute Gasteiger partial charge is 0.491 e. The Morgan fingerprint density at radius 3 is 2.52 bits per heavy atom. The van der Waals surface area contributed by atoms with Crippen LogP contribution in [-0.2, 0) is 4.79 Å². The predicted molar refractivity (Wildman–Crippen MR) is 115 cm³/mol. The Labute approximate surface area is 178 Å². The zero-order valence-corrected chi connectivity index (χ0v) is 18.6. The van der Waals surface area contributed by atoms with E-state index in [4.69, 9.17) is 21.1 Å². The van der Waals surface area contributed by atoms with E-state index >= 15 is 0 Å². The molecule has 1 N–H and O–H groups in total. The van der Waals surface area contributed by atoms with Crippen molar-refractivity contribution in [1.29, 1.82) is 0 Å². The van der Waals surface area contributed by atoms with Crippen LogP contribution in [0.25, 0.3) is 0 Å². The van der Waals surface area contributed by atoms with E-state index in [1.54, 1.807) is 19.4 Å². The maximum atomic E-state index is 13.2. The lowest BCUT2D eigenvalue weighted by atomic mass is 9.40. The van der Waals surface area contributed by atoms with E-state index in [1.165, 1.54) is 19.3 Å². The lowest BCUT2D eigenvalue weighted by Gasteiger charge is -2.64. The second-order valence-electron chi connectivity index (χ2n) is 10.1. The molecule has 4 saturated carbocycles. The van der Waals surface area contributed by atoms with Gasteiger partial charge in [0, 0.05) is 0 Å². The van der Waals surface area contributed by atoms with Gasteiger partial charge >= 0.3 is 0 Å². The highest BCUT2D eigenvalue weighted by molar-refractivity contribution is 6.32. The topological polar surface area (TPSA) is 59.9 Å². The summed E-state index contributed by atoms with van der Waals surface area (Å²) in [6.07, 6.45) is 8.38. The van der Waals surface area contributed by atoms with Gasteiger partial charge in [-0.15, -0.1) is 0 Å². The van der Waals surface area contributed by atoms with Crippen molar-refractivity contribution in [3.63, 3.8) is 0 Å². The zero-order chi connectivity index (χ0) is 20.9. The first-order valence-corrected chi connectivity index (χ1v) is 10.9. The van der Waals surface area contributed by atoms with E-state index in [0.717, 1.165) is 24.8 Å². The Morgan fingerprint density at radius 2 is 1.93 bits per heavy atom. The first-order valence-electron chi connectivity index (χ1n) is 10.5. The van der Waals surface area contributed by atoms with Gasteiger partial charge in [0.05, 0.1) is 30.4 Å². The van der Waals surface area contributed by atoms with Crippen molar-refractivity contribution in [2.75, 3.05) is 13.7 Å². The summed E-state index contributed by atoms with van der Waals surface area (Å²) in [4.78, 5) is 13.2. The molecule has 0 spiro atoms. The van der Waals surface area contributed by atoms with Crippen LogP contribution < -0.4 is 14.9 Å². The first-order chi connectivity index (χ1) is 13.7. The standard InChI is InChI=1S/C23H31ClN2O3/c1-5-29-18-7-15(6-17(24)19(18)28-4)11-25-26-20(27)23-10-16-8-21(2,13-23)12-22(3,9-16)14-23/h6-7,11,16H,5,8-10,12-14H2,1-4H3,(H,26,27)/b25-11+. The molecule has 1 aromatic rings. The number of hydrogen-bond acceptors (Lipinski definition) is 4. The molecule has 4 aliphatic rings. The maximum Gasteiger partial charge on any atom is 0.246 e. The van der Waals surface area contributed by atoms with Crippen molar-refractivity contribution in [2.24, 2.45) is 27.3 Å². The van der Waals surface area contributed by atoms with Crippen molar-refractivity contribution in [1.82, 2.24) is 5.43 Å². The fraction of sp³-hybridized carbons (Fsp3) is 0.652. The van der Waals surface area contributed by atoms with Gasteiger partial charge in [-0.1, -0.05) is 25.4 Å². The van der Waals surface area contributed by atoms with Crippen LogP contribution >= 0.6 is 11.6 Å². The van der Waals surface area contributed by atoms with Crippen LogP contribution in [0.4, 0.5) is 0 Å². The van der Waals surface area contributed by atoms with Crippen LogP contribution in [0.2, 0.25) is 5.02 Å². The van der Waals surface area contributed by atoms with Crippen LogP contribution in [0, 0.1) is 22.2 Å². The lowest BCUT2D eigenvalue weighted by molar-refractivity contribution is -0.170. The monoisotopic (exact) mass is 418 g/mol. The molecule has 6 heteroatoms. The van der Waals surface area contributed by atoms with Crippen molar-refractivity contribution in [3.8, 4) is 11.5 Å². The third-order valence-corrected chi connectivity index (χ3v) is 7.30. The molecule has 0 saturated heterocycles. The first kappa shape index (κ1) is 20.5. The van der Waals surface area contributed by atoms with Crippen LogP contribution in [0.1, 0.15) is 64.9 Å². The molecule has 0 heterocycles. The summed E-state index contributed by atoms with van der Waals surface area (Å²) in [7, 11) is 1.56. The molecule has 0 aliphatic heterocycles. The minimum Gasteiger partial charge on any atom is -0.491 e. The number of ether oxygens (including phenoxy) is 2. The number of rotatable bonds is 6. The van der Waals surface area contributed by atoms with E-state index in [-0.39, 0.29) is 11.3 Å². The summed E-state index contributed by atoms with van der Waals surface area (Å²) in [5, 5.41) is 4.71. The number of carbonyl (C=O) groups is 1. The highest BCUT2D eigenvalue weighted by atomic mass is 35.5. The third-order valence-electron chi connectivity index (χ3n) is 7.02. The number of hydrogen-bond donors (Lipinski definition) is 1. The average molecular weight is 419 g/mol. The Bertz CT molecular complexity index is 835. The number of amides is 1. The molecule has 4 aliphatic carbocycles. The summed E-state index contributed by atoms with van der Waals surface area (Å²) in [6.45, 7) is 7.15. The van der Waals surface area contributed by atoms with Gasteiger partial charge in [-0.05, 0) is 79.9 Å². The molecule has 2 atom stereocenters. The molecule has 5 nitrogen and oxygen atoms in total. The fourth-order valence-corrected chi connectivity index (χ4v) is 7.40. The summed E-state index contributed by atoms with van der Waals surface area (Å²) in [5.74, 6) is 1.81. The van der Waals surface area contributed by atoms with Gasteiger partial charge in [-0.25, -0.2) is 5.43 Å². The van der Waals surface area contributed by atoms with Gasteiger partial charge in [0.15, 0.2) is 11.5 Å². The normalized spacial score (nSPS) is 35.1. The molecule has 1 amide bonds. The van der Waals surface area contributed by atoms with Crippen LogP contribution in [0.3, 0.4) is 0 Å². The average Bonchev–Trinajstić information content (AvgIpc) is 2.58. The minimum absolute atomic E-state index is 0.0694. The summed E-state index contributed by atoms with van der Waals surface area (Å²) in [6, 6.07) is 3.57. The molecule has 29 heavy (non-hydrogen) atoms. The smallest absolute Gasteiger partial charge is 0.246 e. The third kappa shape index (κ3) is 3.74. The predicted octanol–water partition coefficient (Wildman–Crippen LogP) is 5.19. The molecule has 0 aromatic heterocycles. The van der Waals surface area contributed by atoms with Crippen LogP contribution in [0.5, 0.6) is 11.5 Å². The minimum atomic E-state index is -0.270. The van der Waals surface area contributed by atoms with E-state index in [0.29, 0.717) is 39.9 Å². The molecular weight excluding hydrogens is 388 g/mol. The molecule has 5 rings (SSSR count). The number of benzene rings is 1. The van der Waals surface area contributed by atoms with E-state index < -0.39 is 0 Å². The van der Waals surface area contributed by atoms with Gasteiger partial charge in [0.2, 0.25) is 5.91 Å². The molecule has 2 unspecified atom stereocenters. The molecule has 158 valence electrons.